The summed E-state index contributed by atoms with van der Waals surface area (Å²) in [6.45, 7) is 0. The molecule has 20 aromatic rings. The van der Waals surface area contributed by atoms with Gasteiger partial charge in [-0.05, 0) is 142 Å². The van der Waals surface area contributed by atoms with E-state index in [1.54, 1.807) is 6.07 Å². The quantitative estimate of drug-likeness (QED) is 0.162. The number of halogens is 1. The van der Waals surface area contributed by atoms with Gasteiger partial charge in [0.1, 0.15) is 41.0 Å². The summed E-state index contributed by atoms with van der Waals surface area (Å²) < 4.78 is 29.0. The second kappa shape index (κ2) is 28.0. The molecule has 0 amide bonds. The van der Waals surface area contributed by atoms with E-state index in [9.17, 15) is 9.65 Å². The van der Waals surface area contributed by atoms with Crippen LogP contribution in [0, 0.1) is 28.5 Å². The molecule has 12 nitrogen and oxygen atoms in total. The summed E-state index contributed by atoms with van der Waals surface area (Å²) in [7, 11) is 0. The third kappa shape index (κ3) is 11.1. The topological polar surface area (TPSA) is 164 Å². The zero-order valence-corrected chi connectivity index (χ0v) is 63.5. The molecule has 24 rings (SSSR count). The Bertz CT molecular complexity index is 7410. The van der Waals surface area contributed by atoms with Crippen molar-refractivity contribution in [2.75, 3.05) is 0 Å². The monoisotopic (exact) mass is 1530 g/mol. The predicted octanol–water partition coefficient (Wildman–Crippen LogP) is 25.0. The van der Waals surface area contributed by atoms with Crippen LogP contribution in [0.25, 0.3) is 140 Å². The lowest BCUT2D eigenvalue weighted by Gasteiger charge is -2.39. The lowest BCUT2D eigenvalue weighted by atomic mass is 9.66. The Labute approximate surface area is 683 Å². The van der Waals surface area contributed by atoms with Gasteiger partial charge >= 0.3 is 0 Å². The number of H-pyrrole nitrogens is 1. The van der Waals surface area contributed by atoms with E-state index in [4.69, 9.17) is 29.7 Å². The van der Waals surface area contributed by atoms with Gasteiger partial charge in [-0.25, -0.2) is 34.3 Å². The first kappa shape index (κ1) is 69.4. The summed E-state index contributed by atoms with van der Waals surface area (Å²) in [6, 6.07) is 132. The molecular weight excluding hydrogens is 1460 g/mol. The van der Waals surface area contributed by atoms with E-state index in [2.05, 4.69) is 237 Å². The largest absolute Gasteiger partial charge is 0.457 e. The number of rotatable bonds is 7. The van der Waals surface area contributed by atoms with Crippen molar-refractivity contribution in [1.29, 1.82) is 10.5 Å². The Morgan fingerprint density at radius 1 is 0.269 bits per heavy atom. The first-order valence-electron chi connectivity index (χ1n) is 39.4. The van der Waals surface area contributed by atoms with Crippen LogP contribution < -0.4 is 9.47 Å². The van der Waals surface area contributed by atoms with E-state index >= 15 is 0 Å². The number of hydrogen-bond acceptors (Lipinski definition) is 10. The SMILES string of the molecule is N#Cc1cc(-c2nc(-c3ccccc3)nc(-c3ccccc3)n2)ccc1-n1c2ccccc2c2cc3c(cc21)-c1ccccc1C31c2ccccc2Oc2ccccc21.N#Cc1cc(-c2nc(-c3ccccc3)nc(-c3ccccc3)n2)ccc1F.c1ccc2c(c1)Oc1ccccc1C21c2ccccc2-c2cc3[nH]c4ccccc4c3cc21. The van der Waals surface area contributed by atoms with Crippen molar-refractivity contribution >= 4 is 43.6 Å². The number of para-hydroxylation sites is 6. The molecule has 0 saturated heterocycles. The maximum atomic E-state index is 13.7. The molecule has 0 saturated carbocycles. The first-order valence-corrected chi connectivity index (χ1v) is 39.4. The van der Waals surface area contributed by atoms with Crippen LogP contribution in [0.1, 0.15) is 55.6 Å². The zero-order valence-electron chi connectivity index (χ0n) is 63.5. The van der Waals surface area contributed by atoms with Gasteiger partial charge in [-0.1, -0.05) is 279 Å². The maximum absolute atomic E-state index is 13.7. The van der Waals surface area contributed by atoms with Crippen molar-refractivity contribution in [3.63, 3.8) is 0 Å². The van der Waals surface area contributed by atoms with Crippen molar-refractivity contribution in [3.05, 3.63) is 438 Å². The highest BCUT2D eigenvalue weighted by atomic mass is 19.1. The van der Waals surface area contributed by atoms with Crippen LogP contribution in [0.5, 0.6) is 23.0 Å². The molecule has 4 aliphatic rings. The first-order chi connectivity index (χ1) is 58.8. The van der Waals surface area contributed by atoms with Gasteiger partial charge in [-0.3, -0.25) is 0 Å². The second-order valence-electron chi connectivity index (χ2n) is 29.9. The highest BCUT2D eigenvalue weighted by molar-refractivity contribution is 6.13. The molecule has 16 aromatic carbocycles. The van der Waals surface area contributed by atoms with Gasteiger partial charge in [-0.15, -0.1) is 0 Å². The van der Waals surface area contributed by atoms with Gasteiger partial charge in [0, 0.05) is 88.2 Å². The molecule has 0 unspecified atom stereocenters. The van der Waals surface area contributed by atoms with Crippen LogP contribution in [0.15, 0.2) is 376 Å². The van der Waals surface area contributed by atoms with Crippen LogP contribution in [0.3, 0.4) is 0 Å². The molecule has 2 spiro atoms. The standard InChI is InChI=1S/C53H31N5O.C31H19NO.C22H13FN4/c54-32-36-29-35(52-56-50(33-15-3-1-4-16-33)55-51(57-52)34-17-5-2-6-18-34)27-28-45(36)58-46-24-12-8-20-38(46)40-30-44-39(31-47(40)58)37-19-7-9-21-41(37)53(44)42-22-10-13-25-48(42)59-49-26-14-11-23-43(49)53;1-3-11-23-19(9-1)21-18-28-22(20-10-2-6-14-27(20)32-28)17-26(21)31(23)24-12-4-7-15-29(24)33-30-16-8-5-13-25(30)31;23-19-12-11-17(13-18(19)14-24)22-26-20(15-7-3-1-4-8-15)25-21(27-22)16-9-5-2-6-10-16/h1-31H;1-18,32H;1-13H. The molecule has 2 aliphatic heterocycles. The van der Waals surface area contributed by atoms with E-state index in [1.165, 1.54) is 84.0 Å². The van der Waals surface area contributed by atoms with Crippen molar-refractivity contribution < 1.29 is 13.9 Å². The van der Waals surface area contributed by atoms with Crippen molar-refractivity contribution in [3.8, 4) is 131 Å². The number of aromatic nitrogens is 8. The number of nitriles is 2. The molecule has 6 heterocycles. The van der Waals surface area contributed by atoms with E-state index in [0.29, 0.717) is 46.1 Å². The van der Waals surface area contributed by atoms with Crippen LogP contribution in [0.4, 0.5) is 4.39 Å². The molecule has 0 bridgehead atoms. The molecule has 119 heavy (non-hydrogen) atoms. The van der Waals surface area contributed by atoms with Crippen LogP contribution in [-0.2, 0) is 10.8 Å². The fourth-order valence-corrected chi connectivity index (χ4v) is 18.4. The predicted molar refractivity (Wildman–Crippen MR) is 467 cm³/mol. The summed E-state index contributed by atoms with van der Waals surface area (Å²) >= 11 is 0. The lowest BCUT2D eigenvalue weighted by molar-refractivity contribution is 0.436. The van der Waals surface area contributed by atoms with Gasteiger partial charge in [0.25, 0.3) is 0 Å². The van der Waals surface area contributed by atoms with E-state index in [0.717, 1.165) is 95.0 Å². The fourth-order valence-electron chi connectivity index (χ4n) is 18.4. The Balaban J connectivity index is 0.000000119. The summed E-state index contributed by atoms with van der Waals surface area (Å²) in [5.74, 6) is 6.07. The summed E-state index contributed by atoms with van der Waals surface area (Å²) in [6.07, 6.45) is 0. The third-order valence-electron chi connectivity index (χ3n) is 23.5. The van der Waals surface area contributed by atoms with Crippen LogP contribution >= 0.6 is 0 Å². The van der Waals surface area contributed by atoms with E-state index in [1.807, 2.05) is 158 Å². The molecule has 2 aliphatic carbocycles. The maximum Gasteiger partial charge on any atom is 0.164 e. The lowest BCUT2D eigenvalue weighted by Crippen LogP contribution is -2.32. The molecule has 13 heteroatoms. The average molecular weight is 1530 g/mol. The molecular formula is C106H63FN10O2. The summed E-state index contributed by atoms with van der Waals surface area (Å²) in [5, 5.41) is 24.8. The number of aromatic amines is 1. The zero-order chi connectivity index (χ0) is 79.3. The van der Waals surface area contributed by atoms with Gasteiger partial charge < -0.3 is 19.0 Å². The van der Waals surface area contributed by atoms with Crippen molar-refractivity contribution in [2.24, 2.45) is 0 Å². The molecule has 0 fully saturated rings. The van der Waals surface area contributed by atoms with Gasteiger partial charge in [0.05, 0.1) is 38.7 Å². The van der Waals surface area contributed by atoms with Crippen LogP contribution in [-0.4, -0.2) is 39.5 Å². The number of nitrogens with zero attached hydrogens (tertiary/aromatic N) is 9. The van der Waals surface area contributed by atoms with Crippen LogP contribution in [0.2, 0.25) is 0 Å². The smallest absolute Gasteiger partial charge is 0.164 e. The Kier molecular flexibility index (Phi) is 16.3. The average Bonchev–Trinajstić information content (AvgIpc) is 1.53. The van der Waals surface area contributed by atoms with Crippen molar-refractivity contribution in [2.45, 2.75) is 10.8 Å². The minimum Gasteiger partial charge on any atom is -0.457 e. The van der Waals surface area contributed by atoms with Crippen molar-refractivity contribution in [1.82, 2.24) is 39.5 Å². The highest BCUT2D eigenvalue weighted by Gasteiger charge is 2.53. The number of nitrogens with one attached hydrogen (secondary N) is 1. The Morgan fingerprint density at radius 2 is 0.630 bits per heavy atom. The number of hydrogen-bond donors (Lipinski definition) is 1. The second-order valence-corrected chi connectivity index (χ2v) is 29.9. The number of fused-ring (bicyclic) bond motifs is 24. The highest BCUT2D eigenvalue weighted by Crippen LogP contribution is 2.65. The van der Waals surface area contributed by atoms with Gasteiger partial charge in [0.15, 0.2) is 34.9 Å². The molecule has 556 valence electrons. The van der Waals surface area contributed by atoms with Gasteiger partial charge in [-0.2, -0.15) is 10.5 Å². The number of ether oxygens (including phenoxy) is 2. The minimum absolute atomic E-state index is 0.0459. The summed E-state index contributed by atoms with van der Waals surface area (Å²) in [5.41, 5.74) is 24.1. The summed E-state index contributed by atoms with van der Waals surface area (Å²) in [4.78, 5) is 32.1. The van der Waals surface area contributed by atoms with Gasteiger partial charge in [0.2, 0.25) is 0 Å². The third-order valence-corrected chi connectivity index (χ3v) is 23.5. The molecule has 4 aromatic heterocycles. The Hall–Kier alpha value is -16.4. The number of benzene rings is 16. The molecule has 1 N–H and O–H groups in total. The van der Waals surface area contributed by atoms with E-state index in [-0.39, 0.29) is 5.56 Å². The Morgan fingerprint density at radius 3 is 1.09 bits per heavy atom. The normalized spacial score (nSPS) is 12.8. The van der Waals surface area contributed by atoms with E-state index < -0.39 is 16.6 Å². The molecule has 0 radical (unpaired) electrons. The molecule has 0 atom stereocenters. The fraction of sp³-hybridized carbons (Fsp3) is 0.0189. The minimum atomic E-state index is -0.587.